The Bertz CT molecular complexity index is 453. The summed E-state index contributed by atoms with van der Waals surface area (Å²) in [6.07, 6.45) is 0. The summed E-state index contributed by atoms with van der Waals surface area (Å²) in [5.74, 6) is 0. The largest absolute Gasteiger partial charge is 4.00 e. The second kappa shape index (κ2) is 13.5. The van der Waals surface area contributed by atoms with Gasteiger partial charge in [-0.15, -0.1) is 5.54 Å². The quantitative estimate of drug-likeness (QED) is 0.472. The van der Waals surface area contributed by atoms with Gasteiger partial charge in [-0.05, 0) is 0 Å². The van der Waals surface area contributed by atoms with E-state index in [2.05, 4.69) is 87.4 Å². The molecular formula is C17H25Cl2NSiTi. The molecule has 0 atom stereocenters. The summed E-state index contributed by atoms with van der Waals surface area (Å²) in [5.41, 5.74) is 2.79. The van der Waals surface area contributed by atoms with E-state index in [9.17, 15) is 0 Å². The van der Waals surface area contributed by atoms with Crippen LogP contribution in [0.15, 0.2) is 54.6 Å². The summed E-state index contributed by atoms with van der Waals surface area (Å²) < 4.78 is 0. The van der Waals surface area contributed by atoms with Crippen molar-refractivity contribution in [3.8, 4) is 11.1 Å². The third-order valence-electron chi connectivity index (χ3n) is 2.42. The van der Waals surface area contributed by atoms with E-state index in [0.29, 0.717) is 0 Å². The van der Waals surface area contributed by atoms with Gasteiger partial charge in [0, 0.05) is 0 Å². The third-order valence-corrected chi connectivity index (χ3v) is 3.71. The molecule has 0 unspecified atom stereocenters. The normalized spacial score (nSPS) is 9.55. The molecule has 0 aliphatic rings. The fourth-order valence-corrected chi connectivity index (χ4v) is 3.52. The number of hydrogen-bond donors (Lipinski definition) is 0. The van der Waals surface area contributed by atoms with Crippen LogP contribution in [0.2, 0.25) is 13.1 Å². The van der Waals surface area contributed by atoms with Gasteiger partial charge in [0.05, 0.1) is 0 Å². The van der Waals surface area contributed by atoms with E-state index in [4.69, 9.17) is 0 Å². The van der Waals surface area contributed by atoms with Gasteiger partial charge in [0.1, 0.15) is 0 Å². The van der Waals surface area contributed by atoms with Crippen LogP contribution in [-0.4, -0.2) is 14.5 Å². The molecule has 0 amide bonds. The molecule has 22 heavy (non-hydrogen) atoms. The van der Waals surface area contributed by atoms with Crippen LogP contribution in [-0.2, 0) is 21.7 Å². The van der Waals surface area contributed by atoms with Crippen LogP contribution in [0.5, 0.6) is 0 Å². The maximum atomic E-state index is 4.55. The molecule has 2 aromatic carbocycles. The van der Waals surface area contributed by atoms with Crippen molar-refractivity contribution in [3.63, 3.8) is 0 Å². The van der Waals surface area contributed by atoms with Crippen molar-refractivity contribution in [1.29, 1.82) is 0 Å². The molecule has 0 bridgehead atoms. The summed E-state index contributed by atoms with van der Waals surface area (Å²) in [4.78, 5) is 4.55. The van der Waals surface area contributed by atoms with Crippen molar-refractivity contribution in [2.75, 3.05) is 0 Å². The molecule has 0 heterocycles. The number of rotatable bonds is 2. The molecule has 120 valence electrons. The Balaban J connectivity index is -0.000000302. The third kappa shape index (κ3) is 12.6. The van der Waals surface area contributed by atoms with Crippen LogP contribution in [0.4, 0.5) is 0 Å². The van der Waals surface area contributed by atoms with E-state index >= 15 is 0 Å². The fourth-order valence-electron chi connectivity index (χ4n) is 1.97. The number of hydrogen-bond acceptors (Lipinski definition) is 0. The molecule has 0 spiro atoms. The van der Waals surface area contributed by atoms with Crippen molar-refractivity contribution in [3.05, 3.63) is 59.6 Å². The van der Waals surface area contributed by atoms with Gasteiger partial charge >= 0.3 is 21.7 Å². The SMILES string of the molecule is C[SiH](C)[N-]C(C)(C)C.[Cl-].[Cl-].[Ti+4].c1ccc(-c2cc[cH-]c2)cc1. The molecule has 2 aromatic rings. The van der Waals surface area contributed by atoms with Crippen molar-refractivity contribution in [1.82, 2.24) is 0 Å². The van der Waals surface area contributed by atoms with Crippen LogP contribution < -0.4 is 24.8 Å². The van der Waals surface area contributed by atoms with Gasteiger partial charge < -0.3 is 29.8 Å². The van der Waals surface area contributed by atoms with Crippen LogP contribution >= 0.6 is 0 Å². The summed E-state index contributed by atoms with van der Waals surface area (Å²) in [6.45, 7) is 10.9. The minimum absolute atomic E-state index is 0. The molecular weight excluding hydrogens is 365 g/mol. The molecule has 0 fully saturated rings. The molecule has 0 aromatic heterocycles. The van der Waals surface area contributed by atoms with Gasteiger partial charge in [-0.3, -0.25) is 0 Å². The van der Waals surface area contributed by atoms with E-state index < -0.39 is 8.96 Å². The molecule has 1 nitrogen and oxygen atoms in total. The second-order valence-corrected chi connectivity index (χ2v) is 8.38. The standard InChI is InChI=1S/C11H9.C6H16NSi.2ClH.Ti/c1-2-6-10(7-3-1)11-8-4-5-9-11;1-6(2,3)7-8(4)5;;;/h1-9H;8H,1-5H3;2*1H;/q2*-1;;;+4/p-2. The van der Waals surface area contributed by atoms with Gasteiger partial charge in [0.2, 0.25) is 0 Å². The van der Waals surface area contributed by atoms with Gasteiger partial charge in [0.25, 0.3) is 0 Å². The minimum Gasteiger partial charge on any atom is -1.00 e. The van der Waals surface area contributed by atoms with Crippen molar-refractivity contribution in [2.24, 2.45) is 0 Å². The number of benzene rings is 1. The fraction of sp³-hybridized carbons (Fsp3) is 0.353. The van der Waals surface area contributed by atoms with E-state index in [1.807, 2.05) is 6.07 Å². The van der Waals surface area contributed by atoms with E-state index in [0.717, 1.165) is 0 Å². The summed E-state index contributed by atoms with van der Waals surface area (Å²) >= 11 is 0. The molecule has 0 N–H and O–H groups in total. The summed E-state index contributed by atoms with van der Waals surface area (Å²) in [5, 5.41) is 0. The van der Waals surface area contributed by atoms with Crippen LogP contribution in [0.3, 0.4) is 0 Å². The predicted octanol–water partition coefficient (Wildman–Crippen LogP) is -0.780. The Labute approximate surface area is 165 Å². The first-order valence-corrected chi connectivity index (χ1v) is 9.70. The maximum Gasteiger partial charge on any atom is 4.00 e. The van der Waals surface area contributed by atoms with E-state index in [1.165, 1.54) is 11.1 Å². The minimum atomic E-state index is -0.671. The van der Waals surface area contributed by atoms with Crippen LogP contribution in [0, 0.1) is 0 Å². The van der Waals surface area contributed by atoms with E-state index in [-0.39, 0.29) is 52.1 Å². The topological polar surface area (TPSA) is 14.1 Å². The molecule has 0 aliphatic heterocycles. The van der Waals surface area contributed by atoms with Crippen molar-refractivity contribution >= 4 is 8.96 Å². The molecule has 0 radical (unpaired) electrons. The summed E-state index contributed by atoms with van der Waals surface area (Å²) in [7, 11) is -0.671. The Kier molecular flexibility index (Phi) is 16.5. The Morgan fingerprint density at radius 2 is 1.45 bits per heavy atom. The Morgan fingerprint density at radius 3 is 1.77 bits per heavy atom. The molecule has 0 saturated carbocycles. The van der Waals surface area contributed by atoms with Gasteiger partial charge in [0.15, 0.2) is 0 Å². The monoisotopic (exact) mass is 389 g/mol. The number of halogens is 2. The second-order valence-electron chi connectivity index (χ2n) is 5.93. The van der Waals surface area contributed by atoms with Crippen molar-refractivity contribution < 1.29 is 46.5 Å². The molecule has 0 saturated heterocycles. The first kappa shape index (κ1) is 26.9. The van der Waals surface area contributed by atoms with Crippen LogP contribution in [0.1, 0.15) is 20.8 Å². The zero-order valence-corrected chi connectivity index (χ0v) is 18.2. The average Bonchev–Trinajstić information content (AvgIpc) is 2.81. The molecule has 0 aliphatic carbocycles. The Morgan fingerprint density at radius 1 is 0.909 bits per heavy atom. The van der Waals surface area contributed by atoms with E-state index in [1.54, 1.807) is 0 Å². The maximum absolute atomic E-state index is 4.55. The first-order valence-electron chi connectivity index (χ1n) is 6.87. The Hall–Kier alpha value is 0.0412. The van der Waals surface area contributed by atoms with Crippen molar-refractivity contribution in [2.45, 2.75) is 39.4 Å². The van der Waals surface area contributed by atoms with Crippen LogP contribution in [0.25, 0.3) is 16.1 Å². The number of nitrogens with zero attached hydrogens (tertiary/aromatic N) is 1. The van der Waals surface area contributed by atoms with Gasteiger partial charge in [-0.1, -0.05) is 78.7 Å². The van der Waals surface area contributed by atoms with Gasteiger partial charge in [-0.25, -0.2) is 6.07 Å². The first-order chi connectivity index (χ1) is 8.88. The molecule has 2 rings (SSSR count). The smallest absolute Gasteiger partial charge is 1.00 e. The average molecular weight is 390 g/mol. The predicted molar refractivity (Wildman–Crippen MR) is 89.5 cm³/mol. The molecule has 5 heteroatoms. The van der Waals surface area contributed by atoms with Gasteiger partial charge in [-0.2, -0.15) is 23.8 Å². The zero-order valence-electron chi connectivity index (χ0n) is 14.0. The zero-order chi connectivity index (χ0) is 14.3. The summed E-state index contributed by atoms with van der Waals surface area (Å²) in [6, 6.07) is 18.7.